The molecule has 0 aliphatic rings. The van der Waals surface area contributed by atoms with Gasteiger partial charge in [-0.1, -0.05) is 12.1 Å². The maximum atomic E-state index is 12.2. The number of nitrogens with zero attached hydrogens (tertiary/aromatic N) is 1. The Morgan fingerprint density at radius 3 is 2.62 bits per heavy atom. The number of hydrogen-bond acceptors (Lipinski definition) is 5. The molecule has 0 fully saturated rings. The molecule has 5 nitrogen and oxygen atoms in total. The number of anilines is 1. The zero-order valence-corrected chi connectivity index (χ0v) is 14.3. The van der Waals surface area contributed by atoms with Gasteiger partial charge in [-0.2, -0.15) is 0 Å². The molecule has 1 amide bonds. The second-order valence-electron chi connectivity index (χ2n) is 5.34. The van der Waals surface area contributed by atoms with Crippen LogP contribution in [0.3, 0.4) is 0 Å². The summed E-state index contributed by atoms with van der Waals surface area (Å²) >= 11 is 1.29. The molecule has 0 saturated heterocycles. The molecule has 9 heteroatoms. The van der Waals surface area contributed by atoms with Crippen LogP contribution in [-0.4, -0.2) is 17.3 Å². The van der Waals surface area contributed by atoms with Crippen molar-refractivity contribution >= 4 is 22.4 Å². The number of furan rings is 1. The van der Waals surface area contributed by atoms with E-state index in [1.165, 1.54) is 29.7 Å². The first-order valence-electron chi connectivity index (χ1n) is 7.45. The SMILES string of the molecule is Cc1occc1C(=O)Nc1ncc(Cc2ccc(OC(F)(F)F)cc2)s1. The maximum Gasteiger partial charge on any atom is 0.573 e. The average molecular weight is 382 g/mol. The molecule has 0 radical (unpaired) electrons. The lowest BCUT2D eigenvalue weighted by Crippen LogP contribution is -2.17. The zero-order chi connectivity index (χ0) is 18.7. The van der Waals surface area contributed by atoms with Crippen molar-refractivity contribution in [2.75, 3.05) is 5.32 Å². The van der Waals surface area contributed by atoms with Gasteiger partial charge in [-0.05, 0) is 30.7 Å². The number of nitrogens with one attached hydrogen (secondary N) is 1. The molecule has 26 heavy (non-hydrogen) atoms. The number of aromatic nitrogens is 1. The average Bonchev–Trinajstić information content (AvgIpc) is 3.17. The standard InChI is InChI=1S/C17H13F3N2O3S/c1-10-14(6-7-24-10)15(23)22-16-21-9-13(26-16)8-11-2-4-12(5-3-11)25-17(18,19)20/h2-7,9H,8H2,1H3,(H,21,22,23). The third-order valence-electron chi connectivity index (χ3n) is 3.41. The van der Waals surface area contributed by atoms with Gasteiger partial charge in [-0.3, -0.25) is 10.1 Å². The smallest absolute Gasteiger partial charge is 0.469 e. The zero-order valence-electron chi connectivity index (χ0n) is 13.5. The predicted octanol–water partition coefficient (Wildman–Crippen LogP) is 4.79. The number of alkyl halides is 3. The van der Waals surface area contributed by atoms with Crippen LogP contribution >= 0.6 is 11.3 Å². The second kappa shape index (κ2) is 7.20. The van der Waals surface area contributed by atoms with Crippen LogP contribution in [0.25, 0.3) is 0 Å². The second-order valence-corrected chi connectivity index (χ2v) is 6.46. The van der Waals surface area contributed by atoms with Crippen LogP contribution in [0.15, 0.2) is 47.2 Å². The molecular formula is C17H13F3N2O3S. The lowest BCUT2D eigenvalue weighted by molar-refractivity contribution is -0.274. The molecule has 0 aliphatic carbocycles. The first-order valence-corrected chi connectivity index (χ1v) is 8.26. The number of carbonyl (C=O) groups is 1. The highest BCUT2D eigenvalue weighted by molar-refractivity contribution is 7.15. The molecule has 0 bridgehead atoms. The largest absolute Gasteiger partial charge is 0.573 e. The number of halogens is 3. The van der Waals surface area contributed by atoms with Crippen molar-refractivity contribution in [3.63, 3.8) is 0 Å². The third-order valence-corrected chi connectivity index (χ3v) is 4.33. The van der Waals surface area contributed by atoms with E-state index in [1.54, 1.807) is 31.3 Å². The van der Waals surface area contributed by atoms with Gasteiger partial charge in [0.05, 0.1) is 11.8 Å². The van der Waals surface area contributed by atoms with Crippen LogP contribution in [0, 0.1) is 6.92 Å². The molecule has 0 atom stereocenters. The number of thiazole rings is 1. The van der Waals surface area contributed by atoms with E-state index in [-0.39, 0.29) is 11.7 Å². The van der Waals surface area contributed by atoms with Crippen molar-refractivity contribution in [3.05, 3.63) is 64.6 Å². The van der Waals surface area contributed by atoms with Crippen molar-refractivity contribution in [1.82, 2.24) is 4.98 Å². The molecule has 3 rings (SSSR count). The molecule has 136 valence electrons. The Bertz CT molecular complexity index is 901. The van der Waals surface area contributed by atoms with Gasteiger partial charge in [0.2, 0.25) is 0 Å². The van der Waals surface area contributed by atoms with Crippen LogP contribution in [0.1, 0.15) is 26.6 Å². The number of rotatable bonds is 5. The number of amides is 1. The van der Waals surface area contributed by atoms with Crippen LogP contribution in [0.5, 0.6) is 5.75 Å². The van der Waals surface area contributed by atoms with Gasteiger partial charge in [0, 0.05) is 17.5 Å². The molecule has 0 aliphatic heterocycles. The molecular weight excluding hydrogens is 369 g/mol. The summed E-state index contributed by atoms with van der Waals surface area (Å²) < 4.78 is 45.4. The quantitative estimate of drug-likeness (QED) is 0.689. The minimum absolute atomic E-state index is 0.269. The Hall–Kier alpha value is -2.81. The number of hydrogen-bond donors (Lipinski definition) is 1. The van der Waals surface area contributed by atoms with E-state index >= 15 is 0 Å². The van der Waals surface area contributed by atoms with Gasteiger partial charge >= 0.3 is 6.36 Å². The van der Waals surface area contributed by atoms with Gasteiger partial charge in [0.25, 0.3) is 5.91 Å². The predicted molar refractivity (Wildman–Crippen MR) is 89.4 cm³/mol. The highest BCUT2D eigenvalue weighted by Gasteiger charge is 2.30. The minimum atomic E-state index is -4.71. The van der Waals surface area contributed by atoms with E-state index in [4.69, 9.17) is 4.42 Å². The fraction of sp³-hybridized carbons (Fsp3) is 0.176. The number of carbonyl (C=O) groups excluding carboxylic acids is 1. The van der Waals surface area contributed by atoms with Crippen LogP contribution in [0.2, 0.25) is 0 Å². The number of benzene rings is 1. The van der Waals surface area contributed by atoms with Gasteiger partial charge in [-0.25, -0.2) is 4.98 Å². The molecule has 2 heterocycles. The highest BCUT2D eigenvalue weighted by Crippen LogP contribution is 2.25. The Morgan fingerprint density at radius 2 is 2.00 bits per heavy atom. The first kappa shape index (κ1) is 18.0. The molecule has 1 aromatic carbocycles. The Morgan fingerprint density at radius 1 is 1.27 bits per heavy atom. The van der Waals surface area contributed by atoms with Crippen molar-refractivity contribution in [3.8, 4) is 5.75 Å². The summed E-state index contributed by atoms with van der Waals surface area (Å²) in [5.41, 5.74) is 1.23. The van der Waals surface area contributed by atoms with Crippen molar-refractivity contribution in [1.29, 1.82) is 0 Å². The van der Waals surface area contributed by atoms with Crippen molar-refractivity contribution in [2.45, 2.75) is 19.7 Å². The van der Waals surface area contributed by atoms with Crippen LogP contribution in [0.4, 0.5) is 18.3 Å². The number of aryl methyl sites for hydroxylation is 1. The van der Waals surface area contributed by atoms with E-state index in [0.717, 1.165) is 10.4 Å². The lowest BCUT2D eigenvalue weighted by Gasteiger charge is -2.08. The van der Waals surface area contributed by atoms with Gasteiger partial charge in [0.1, 0.15) is 11.5 Å². The summed E-state index contributed by atoms with van der Waals surface area (Å²) in [5.74, 6) is -0.0692. The van der Waals surface area contributed by atoms with E-state index < -0.39 is 6.36 Å². The summed E-state index contributed by atoms with van der Waals surface area (Å²) in [7, 11) is 0. The first-order chi connectivity index (χ1) is 12.3. The molecule has 1 N–H and O–H groups in total. The Balaban J connectivity index is 1.61. The van der Waals surface area contributed by atoms with E-state index in [1.807, 2.05) is 0 Å². The van der Waals surface area contributed by atoms with Crippen LogP contribution < -0.4 is 10.1 Å². The van der Waals surface area contributed by atoms with E-state index in [0.29, 0.717) is 22.9 Å². The fourth-order valence-electron chi connectivity index (χ4n) is 2.24. The topological polar surface area (TPSA) is 64.4 Å². The van der Waals surface area contributed by atoms with Gasteiger partial charge in [-0.15, -0.1) is 24.5 Å². The minimum Gasteiger partial charge on any atom is -0.469 e. The Kier molecular flexibility index (Phi) is 4.99. The molecule has 0 unspecified atom stereocenters. The van der Waals surface area contributed by atoms with Crippen molar-refractivity contribution < 1.29 is 27.1 Å². The fourth-order valence-corrected chi connectivity index (χ4v) is 3.08. The Labute approximate surface area is 150 Å². The van der Waals surface area contributed by atoms with E-state index in [2.05, 4.69) is 15.0 Å². The third kappa shape index (κ3) is 4.63. The molecule has 0 spiro atoms. The van der Waals surface area contributed by atoms with Crippen LogP contribution in [-0.2, 0) is 6.42 Å². The summed E-state index contributed by atoms with van der Waals surface area (Å²) in [6.07, 6.45) is -1.18. The molecule has 3 aromatic rings. The van der Waals surface area contributed by atoms with Gasteiger partial charge in [0.15, 0.2) is 5.13 Å². The normalized spacial score (nSPS) is 11.4. The van der Waals surface area contributed by atoms with Crippen molar-refractivity contribution in [2.24, 2.45) is 0 Å². The summed E-state index contributed by atoms with van der Waals surface area (Å²) in [6.45, 7) is 1.69. The highest BCUT2D eigenvalue weighted by atomic mass is 32.1. The summed E-state index contributed by atoms with van der Waals surface area (Å²) in [5, 5.41) is 3.12. The summed E-state index contributed by atoms with van der Waals surface area (Å²) in [4.78, 5) is 17.1. The molecule has 0 saturated carbocycles. The maximum absolute atomic E-state index is 12.2. The van der Waals surface area contributed by atoms with Gasteiger partial charge < -0.3 is 9.15 Å². The lowest BCUT2D eigenvalue weighted by atomic mass is 10.1. The monoisotopic (exact) mass is 382 g/mol. The summed E-state index contributed by atoms with van der Waals surface area (Å²) in [6, 6.07) is 7.19. The number of ether oxygens (including phenoxy) is 1. The molecule has 2 aromatic heterocycles. The van der Waals surface area contributed by atoms with E-state index in [9.17, 15) is 18.0 Å².